The van der Waals surface area contributed by atoms with E-state index in [9.17, 15) is 0 Å². The molecular weight excluding hydrogens is 254 g/mol. The summed E-state index contributed by atoms with van der Waals surface area (Å²) < 4.78 is 5.21. The largest absolute Gasteiger partial charge is 0.383 e. The Bertz CT molecular complexity index is 397. The smallest absolute Gasteiger partial charge is 0.148 e. The van der Waals surface area contributed by atoms with Crippen molar-refractivity contribution in [3.05, 3.63) is 11.9 Å². The van der Waals surface area contributed by atoms with Crippen LogP contribution in [0.2, 0.25) is 0 Å². The van der Waals surface area contributed by atoms with Gasteiger partial charge in [-0.25, -0.2) is 15.8 Å². The number of hydrazine groups is 1. The maximum absolute atomic E-state index is 5.57. The van der Waals surface area contributed by atoms with Crippen LogP contribution in [0.25, 0.3) is 0 Å². The fraction of sp³-hybridized carbons (Fsp3) is 0.714. The van der Waals surface area contributed by atoms with E-state index in [1.165, 1.54) is 0 Å². The van der Waals surface area contributed by atoms with Crippen molar-refractivity contribution in [3.8, 4) is 0 Å². The van der Waals surface area contributed by atoms with Gasteiger partial charge in [-0.1, -0.05) is 27.2 Å². The number of nitrogens with one attached hydrogen (secondary N) is 1. The highest BCUT2D eigenvalue weighted by Gasteiger charge is 2.17. The van der Waals surface area contributed by atoms with Gasteiger partial charge in [-0.2, -0.15) is 0 Å². The number of nitrogen functional groups attached to an aromatic ring is 1. The molecule has 1 aromatic heterocycles. The summed E-state index contributed by atoms with van der Waals surface area (Å²) in [5, 5.41) is 0. The second kappa shape index (κ2) is 8.71. The molecule has 0 atom stereocenters. The van der Waals surface area contributed by atoms with Crippen molar-refractivity contribution in [1.82, 2.24) is 9.97 Å². The maximum Gasteiger partial charge on any atom is 0.148 e. The Labute approximate surface area is 121 Å². The van der Waals surface area contributed by atoms with Gasteiger partial charge in [0.05, 0.1) is 6.61 Å². The van der Waals surface area contributed by atoms with Crippen LogP contribution in [-0.2, 0) is 11.2 Å². The lowest BCUT2D eigenvalue weighted by molar-refractivity contribution is 0.204. The minimum atomic E-state index is 0.547. The lowest BCUT2D eigenvalue weighted by atomic mass is 10.1. The summed E-state index contributed by atoms with van der Waals surface area (Å²) in [6, 6.07) is 0. The van der Waals surface area contributed by atoms with Crippen LogP contribution >= 0.6 is 0 Å². The van der Waals surface area contributed by atoms with Gasteiger partial charge >= 0.3 is 0 Å². The van der Waals surface area contributed by atoms with Gasteiger partial charge in [-0.3, -0.25) is 0 Å². The zero-order chi connectivity index (χ0) is 15.0. The van der Waals surface area contributed by atoms with E-state index >= 15 is 0 Å². The van der Waals surface area contributed by atoms with E-state index in [1.807, 2.05) is 0 Å². The molecule has 1 rings (SSSR count). The molecule has 1 heterocycles. The standard InChI is InChI=1S/C14H27N5O/c1-5-6-12-13(18-15)16-10-17-14(12)19(7-8-20-4)9-11(2)3/h10-11H,5-9,15H2,1-4H3,(H,16,17,18). The van der Waals surface area contributed by atoms with Gasteiger partial charge in [0.1, 0.15) is 18.0 Å². The first-order valence-electron chi connectivity index (χ1n) is 7.18. The molecule has 114 valence electrons. The molecule has 3 N–H and O–H groups in total. The maximum atomic E-state index is 5.57. The number of aromatic nitrogens is 2. The van der Waals surface area contributed by atoms with Gasteiger partial charge in [0, 0.05) is 25.8 Å². The quantitative estimate of drug-likeness (QED) is 0.531. The Morgan fingerprint density at radius 2 is 2.15 bits per heavy atom. The average Bonchev–Trinajstić information content (AvgIpc) is 2.43. The lowest BCUT2D eigenvalue weighted by Gasteiger charge is -2.27. The predicted octanol–water partition coefficient (Wildman–Crippen LogP) is 1.82. The second-order valence-electron chi connectivity index (χ2n) is 5.25. The number of hydrogen-bond donors (Lipinski definition) is 2. The lowest BCUT2D eigenvalue weighted by Crippen LogP contribution is -2.33. The highest BCUT2D eigenvalue weighted by atomic mass is 16.5. The van der Waals surface area contributed by atoms with E-state index in [4.69, 9.17) is 10.6 Å². The SMILES string of the molecule is CCCc1c(NN)ncnc1N(CCOC)CC(C)C. The van der Waals surface area contributed by atoms with E-state index in [0.29, 0.717) is 18.3 Å². The van der Waals surface area contributed by atoms with Crippen molar-refractivity contribution in [3.63, 3.8) is 0 Å². The molecule has 0 aliphatic carbocycles. The van der Waals surface area contributed by atoms with Crippen molar-refractivity contribution in [1.29, 1.82) is 0 Å². The van der Waals surface area contributed by atoms with Crippen LogP contribution in [0.15, 0.2) is 6.33 Å². The van der Waals surface area contributed by atoms with E-state index in [1.54, 1.807) is 13.4 Å². The minimum Gasteiger partial charge on any atom is -0.383 e. The number of ether oxygens (including phenoxy) is 1. The number of methoxy groups -OCH3 is 1. The summed E-state index contributed by atoms with van der Waals surface area (Å²) >= 11 is 0. The molecule has 0 spiro atoms. The van der Waals surface area contributed by atoms with Gasteiger partial charge in [0.15, 0.2) is 0 Å². The average molecular weight is 281 g/mol. The Balaban J connectivity index is 3.09. The van der Waals surface area contributed by atoms with Crippen LogP contribution < -0.4 is 16.2 Å². The summed E-state index contributed by atoms with van der Waals surface area (Å²) in [5.41, 5.74) is 3.75. The highest BCUT2D eigenvalue weighted by Crippen LogP contribution is 2.25. The molecule has 0 bridgehead atoms. The van der Waals surface area contributed by atoms with E-state index < -0.39 is 0 Å². The number of nitrogens with two attached hydrogens (primary N) is 1. The summed E-state index contributed by atoms with van der Waals surface area (Å²) in [6.07, 6.45) is 3.48. The first-order chi connectivity index (χ1) is 9.63. The van der Waals surface area contributed by atoms with Gasteiger partial charge in [0.2, 0.25) is 0 Å². The van der Waals surface area contributed by atoms with E-state index in [0.717, 1.165) is 37.3 Å². The Morgan fingerprint density at radius 3 is 2.70 bits per heavy atom. The third-order valence-corrected chi connectivity index (χ3v) is 3.01. The van der Waals surface area contributed by atoms with Crippen molar-refractivity contribution in [2.24, 2.45) is 11.8 Å². The van der Waals surface area contributed by atoms with Gasteiger partial charge in [0.25, 0.3) is 0 Å². The van der Waals surface area contributed by atoms with Crippen molar-refractivity contribution < 1.29 is 4.74 Å². The summed E-state index contributed by atoms with van der Waals surface area (Å²) in [5.74, 6) is 7.78. The third kappa shape index (κ3) is 4.61. The zero-order valence-electron chi connectivity index (χ0n) is 13.0. The van der Waals surface area contributed by atoms with E-state index in [-0.39, 0.29) is 0 Å². The molecule has 0 fully saturated rings. The molecule has 1 aromatic rings. The van der Waals surface area contributed by atoms with Crippen LogP contribution in [0.4, 0.5) is 11.6 Å². The summed E-state index contributed by atoms with van der Waals surface area (Å²) in [4.78, 5) is 10.9. The van der Waals surface area contributed by atoms with Crippen molar-refractivity contribution in [2.45, 2.75) is 33.6 Å². The molecule has 0 aliphatic rings. The first-order valence-corrected chi connectivity index (χ1v) is 7.18. The molecule has 6 nitrogen and oxygen atoms in total. The summed E-state index contributed by atoms with van der Waals surface area (Å²) in [6.45, 7) is 8.95. The molecular formula is C14H27N5O. The van der Waals surface area contributed by atoms with Gasteiger partial charge in [-0.05, 0) is 12.3 Å². The molecule has 0 radical (unpaired) electrons. The summed E-state index contributed by atoms with van der Waals surface area (Å²) in [7, 11) is 1.72. The third-order valence-electron chi connectivity index (χ3n) is 3.01. The number of anilines is 2. The van der Waals surface area contributed by atoms with E-state index in [2.05, 4.69) is 41.1 Å². The van der Waals surface area contributed by atoms with Gasteiger partial charge < -0.3 is 15.1 Å². The number of hydrogen-bond acceptors (Lipinski definition) is 6. The molecule has 20 heavy (non-hydrogen) atoms. The molecule has 0 saturated heterocycles. The Hall–Kier alpha value is -1.40. The van der Waals surface area contributed by atoms with Crippen molar-refractivity contribution in [2.75, 3.05) is 37.1 Å². The fourth-order valence-electron chi connectivity index (χ4n) is 2.21. The van der Waals surface area contributed by atoms with Gasteiger partial charge in [-0.15, -0.1) is 0 Å². The minimum absolute atomic E-state index is 0.547. The second-order valence-corrected chi connectivity index (χ2v) is 5.25. The number of nitrogens with zero attached hydrogens (tertiary/aromatic N) is 3. The molecule has 6 heteroatoms. The van der Waals surface area contributed by atoms with Crippen LogP contribution in [0.3, 0.4) is 0 Å². The van der Waals surface area contributed by atoms with Crippen LogP contribution in [0, 0.1) is 5.92 Å². The molecule has 0 amide bonds. The normalized spacial score (nSPS) is 10.9. The Kier molecular flexibility index (Phi) is 7.25. The molecule has 0 aromatic carbocycles. The number of rotatable bonds is 9. The predicted molar refractivity (Wildman–Crippen MR) is 82.8 cm³/mol. The first kappa shape index (κ1) is 16.7. The molecule has 0 aliphatic heterocycles. The highest BCUT2D eigenvalue weighted by molar-refractivity contribution is 5.58. The topological polar surface area (TPSA) is 76.3 Å². The van der Waals surface area contributed by atoms with Crippen LogP contribution in [0.1, 0.15) is 32.8 Å². The van der Waals surface area contributed by atoms with Crippen molar-refractivity contribution >= 4 is 11.6 Å². The molecule has 0 unspecified atom stereocenters. The Morgan fingerprint density at radius 1 is 1.40 bits per heavy atom. The zero-order valence-corrected chi connectivity index (χ0v) is 13.0. The van der Waals surface area contributed by atoms with Crippen LogP contribution in [0.5, 0.6) is 0 Å². The van der Waals surface area contributed by atoms with Crippen LogP contribution in [-0.4, -0.2) is 36.8 Å². The fourth-order valence-corrected chi connectivity index (χ4v) is 2.21. The molecule has 0 saturated carbocycles. The monoisotopic (exact) mass is 281 g/mol.